The van der Waals surface area contributed by atoms with Crippen LogP contribution < -0.4 is 11.3 Å². The van der Waals surface area contributed by atoms with Gasteiger partial charge in [0.1, 0.15) is 5.52 Å². The Morgan fingerprint density at radius 3 is 2.74 bits per heavy atom. The standard InChI is InChI=1S/C16H15BrN4O2/c1-8-3-9(2)20-16(23)12(8)6-21-7-19-14-11(15(18)22)4-10(17)5-13(14)21/h3-5,7H,6H2,1-2H3,(H2,18,22)(H,20,23). The number of amides is 1. The summed E-state index contributed by atoms with van der Waals surface area (Å²) in [6, 6.07) is 5.43. The maximum atomic E-state index is 12.2. The van der Waals surface area contributed by atoms with Gasteiger partial charge in [-0.15, -0.1) is 0 Å². The van der Waals surface area contributed by atoms with Crippen LogP contribution in [0.5, 0.6) is 0 Å². The molecule has 2 aromatic heterocycles. The summed E-state index contributed by atoms with van der Waals surface area (Å²) >= 11 is 3.38. The molecule has 0 spiro atoms. The fourth-order valence-electron chi connectivity index (χ4n) is 2.69. The second-order valence-corrected chi connectivity index (χ2v) is 6.42. The third kappa shape index (κ3) is 2.79. The number of halogens is 1. The molecule has 0 radical (unpaired) electrons. The molecule has 118 valence electrons. The number of H-pyrrole nitrogens is 1. The van der Waals surface area contributed by atoms with E-state index in [-0.39, 0.29) is 5.56 Å². The van der Waals surface area contributed by atoms with Gasteiger partial charge in [-0.2, -0.15) is 0 Å². The van der Waals surface area contributed by atoms with E-state index in [0.717, 1.165) is 21.2 Å². The van der Waals surface area contributed by atoms with Crippen molar-refractivity contribution >= 4 is 32.9 Å². The van der Waals surface area contributed by atoms with Crippen LogP contribution in [0, 0.1) is 13.8 Å². The van der Waals surface area contributed by atoms with E-state index in [1.54, 1.807) is 12.4 Å². The van der Waals surface area contributed by atoms with Gasteiger partial charge in [0.15, 0.2) is 0 Å². The summed E-state index contributed by atoms with van der Waals surface area (Å²) < 4.78 is 2.56. The minimum absolute atomic E-state index is 0.116. The summed E-state index contributed by atoms with van der Waals surface area (Å²) in [5.41, 5.74) is 9.32. The highest BCUT2D eigenvalue weighted by Gasteiger charge is 2.14. The van der Waals surface area contributed by atoms with Crippen molar-refractivity contribution < 1.29 is 4.79 Å². The molecule has 3 N–H and O–H groups in total. The minimum atomic E-state index is -0.536. The lowest BCUT2D eigenvalue weighted by Gasteiger charge is -2.09. The van der Waals surface area contributed by atoms with Crippen LogP contribution in [0.2, 0.25) is 0 Å². The first kappa shape index (κ1) is 15.5. The quantitative estimate of drug-likeness (QED) is 0.735. The Bertz CT molecular complexity index is 988. The lowest BCUT2D eigenvalue weighted by molar-refractivity contribution is 0.100. The molecular formula is C16H15BrN4O2. The molecule has 0 fully saturated rings. The van der Waals surface area contributed by atoms with Gasteiger partial charge >= 0.3 is 0 Å². The number of nitrogens with two attached hydrogens (primary N) is 1. The fourth-order valence-corrected chi connectivity index (χ4v) is 3.14. The number of aromatic nitrogens is 3. The van der Waals surface area contributed by atoms with Crippen LogP contribution in [0.15, 0.2) is 33.8 Å². The number of aryl methyl sites for hydroxylation is 2. The Kier molecular flexibility index (Phi) is 3.81. The first-order valence-corrected chi connectivity index (χ1v) is 7.79. The molecular weight excluding hydrogens is 360 g/mol. The number of pyridine rings is 1. The normalized spacial score (nSPS) is 11.1. The van der Waals surface area contributed by atoms with Gasteiger partial charge < -0.3 is 15.3 Å². The highest BCUT2D eigenvalue weighted by atomic mass is 79.9. The highest BCUT2D eigenvalue weighted by molar-refractivity contribution is 9.10. The molecule has 6 nitrogen and oxygen atoms in total. The van der Waals surface area contributed by atoms with E-state index < -0.39 is 5.91 Å². The van der Waals surface area contributed by atoms with Gasteiger partial charge in [-0.25, -0.2) is 4.98 Å². The van der Waals surface area contributed by atoms with Crippen molar-refractivity contribution in [3.63, 3.8) is 0 Å². The number of hydrogen-bond donors (Lipinski definition) is 2. The molecule has 3 rings (SSSR count). The van der Waals surface area contributed by atoms with Crippen molar-refractivity contribution in [3.05, 3.63) is 61.7 Å². The smallest absolute Gasteiger partial charge is 0.253 e. The first-order valence-electron chi connectivity index (χ1n) is 7.00. The Morgan fingerprint density at radius 2 is 2.09 bits per heavy atom. The van der Waals surface area contributed by atoms with Crippen molar-refractivity contribution in [1.29, 1.82) is 0 Å². The summed E-state index contributed by atoms with van der Waals surface area (Å²) in [5.74, 6) is -0.536. The van der Waals surface area contributed by atoms with Gasteiger partial charge in [0.05, 0.1) is 24.0 Å². The van der Waals surface area contributed by atoms with Gasteiger partial charge in [0.25, 0.3) is 11.5 Å². The van der Waals surface area contributed by atoms with Crippen molar-refractivity contribution in [2.75, 3.05) is 0 Å². The number of primary amides is 1. The second-order valence-electron chi connectivity index (χ2n) is 5.50. The average Bonchev–Trinajstić information content (AvgIpc) is 2.84. The zero-order valence-electron chi connectivity index (χ0n) is 12.7. The maximum absolute atomic E-state index is 12.2. The summed E-state index contributed by atoms with van der Waals surface area (Å²) in [4.78, 5) is 30.9. The third-order valence-corrected chi connectivity index (χ3v) is 4.24. The monoisotopic (exact) mass is 374 g/mol. The van der Waals surface area contributed by atoms with Crippen molar-refractivity contribution in [2.24, 2.45) is 5.73 Å². The Balaban J connectivity index is 2.16. The number of nitrogens with one attached hydrogen (secondary N) is 1. The van der Waals surface area contributed by atoms with Gasteiger partial charge in [0.2, 0.25) is 0 Å². The Labute approximate surface area is 140 Å². The van der Waals surface area contributed by atoms with Crippen molar-refractivity contribution in [1.82, 2.24) is 14.5 Å². The van der Waals surface area contributed by atoms with Crippen LogP contribution in [0.1, 0.15) is 27.2 Å². The zero-order valence-corrected chi connectivity index (χ0v) is 14.3. The van der Waals surface area contributed by atoms with E-state index in [1.807, 2.05) is 30.5 Å². The molecule has 23 heavy (non-hydrogen) atoms. The molecule has 1 aromatic carbocycles. The number of hydrogen-bond acceptors (Lipinski definition) is 3. The van der Waals surface area contributed by atoms with Crippen LogP contribution in [-0.4, -0.2) is 20.4 Å². The summed E-state index contributed by atoms with van der Waals surface area (Å²) in [7, 11) is 0. The van der Waals surface area contributed by atoms with E-state index in [0.29, 0.717) is 23.2 Å². The molecule has 0 bridgehead atoms. The zero-order chi connectivity index (χ0) is 16.7. The van der Waals surface area contributed by atoms with Crippen LogP contribution in [0.25, 0.3) is 11.0 Å². The number of nitrogens with zero attached hydrogens (tertiary/aromatic N) is 2. The van der Waals surface area contributed by atoms with Crippen molar-refractivity contribution in [3.8, 4) is 0 Å². The van der Waals surface area contributed by atoms with E-state index in [2.05, 4.69) is 25.9 Å². The molecule has 0 saturated heterocycles. The molecule has 7 heteroatoms. The summed E-state index contributed by atoms with van der Waals surface area (Å²) in [6.45, 7) is 4.12. The molecule has 0 saturated carbocycles. The number of fused-ring (bicyclic) bond motifs is 1. The van der Waals surface area contributed by atoms with Crippen LogP contribution >= 0.6 is 15.9 Å². The van der Waals surface area contributed by atoms with Gasteiger partial charge in [-0.05, 0) is 37.6 Å². The predicted molar refractivity (Wildman–Crippen MR) is 91.6 cm³/mol. The van der Waals surface area contributed by atoms with E-state index in [1.165, 1.54) is 0 Å². The molecule has 0 aliphatic heterocycles. The fraction of sp³-hybridized carbons (Fsp3) is 0.188. The van der Waals surface area contributed by atoms with Gasteiger partial charge in [-0.1, -0.05) is 15.9 Å². The maximum Gasteiger partial charge on any atom is 0.253 e. The van der Waals surface area contributed by atoms with E-state index in [4.69, 9.17) is 5.73 Å². The lowest BCUT2D eigenvalue weighted by Crippen LogP contribution is -2.18. The summed E-state index contributed by atoms with van der Waals surface area (Å²) in [5, 5.41) is 0. The number of benzene rings is 1. The average molecular weight is 375 g/mol. The molecule has 0 atom stereocenters. The Hall–Kier alpha value is -2.41. The van der Waals surface area contributed by atoms with Crippen molar-refractivity contribution in [2.45, 2.75) is 20.4 Å². The molecule has 2 heterocycles. The van der Waals surface area contributed by atoms with E-state index >= 15 is 0 Å². The third-order valence-electron chi connectivity index (χ3n) is 3.78. The van der Waals surface area contributed by atoms with Crippen LogP contribution in [-0.2, 0) is 6.54 Å². The largest absolute Gasteiger partial charge is 0.366 e. The SMILES string of the molecule is Cc1cc(C)c(Cn2cnc3c(C(N)=O)cc(Br)cc32)c(=O)[nH]1. The topological polar surface area (TPSA) is 93.8 Å². The minimum Gasteiger partial charge on any atom is -0.366 e. The highest BCUT2D eigenvalue weighted by Crippen LogP contribution is 2.24. The number of carbonyl (C=O) groups is 1. The first-order chi connectivity index (χ1) is 10.9. The molecule has 3 aromatic rings. The van der Waals surface area contributed by atoms with Crippen LogP contribution in [0.3, 0.4) is 0 Å². The summed E-state index contributed by atoms with van der Waals surface area (Å²) in [6.07, 6.45) is 1.61. The number of carbonyl (C=O) groups excluding carboxylic acids is 1. The van der Waals surface area contributed by atoms with Gasteiger partial charge in [-0.3, -0.25) is 9.59 Å². The van der Waals surface area contributed by atoms with Gasteiger partial charge in [0, 0.05) is 15.7 Å². The second kappa shape index (κ2) is 5.66. The molecule has 1 amide bonds. The van der Waals surface area contributed by atoms with Crippen LogP contribution in [0.4, 0.5) is 0 Å². The van der Waals surface area contributed by atoms with E-state index in [9.17, 15) is 9.59 Å². The Morgan fingerprint density at radius 1 is 1.35 bits per heavy atom. The molecule has 0 aliphatic carbocycles. The molecule has 0 unspecified atom stereocenters. The number of imidazole rings is 1. The number of aromatic amines is 1. The lowest BCUT2D eigenvalue weighted by atomic mass is 10.1. The predicted octanol–water partition coefficient (Wildman–Crippen LogP) is 2.25. The molecule has 0 aliphatic rings. The number of rotatable bonds is 3.